The fraction of sp³-hybridized carbons (Fsp3) is 0.692. The molecule has 0 aromatic carbocycles. The Kier molecular flexibility index (Phi) is 6.13. The first-order valence-electron chi connectivity index (χ1n) is 6.08. The minimum atomic E-state index is -0.0283. The Morgan fingerprint density at radius 2 is 2.06 bits per heavy atom. The SMILES string of the molecule is CN(CCCC(C)(C)N)CCc1ccc(Br)s1. The number of rotatable bonds is 7. The van der Waals surface area contributed by atoms with E-state index in [9.17, 15) is 0 Å². The van der Waals surface area contributed by atoms with Gasteiger partial charge in [0.25, 0.3) is 0 Å². The molecule has 0 spiro atoms. The fourth-order valence-corrected chi connectivity index (χ4v) is 3.18. The molecule has 0 atom stereocenters. The number of thiophene rings is 1. The van der Waals surface area contributed by atoms with Crippen molar-refractivity contribution in [1.29, 1.82) is 0 Å². The number of halogens is 1. The van der Waals surface area contributed by atoms with Crippen LogP contribution in [0.25, 0.3) is 0 Å². The second-order valence-corrected chi connectivity index (χ2v) is 7.90. The zero-order valence-corrected chi connectivity index (χ0v) is 13.4. The highest BCUT2D eigenvalue weighted by Crippen LogP contribution is 2.22. The molecule has 0 radical (unpaired) electrons. The Balaban J connectivity index is 2.15. The molecule has 17 heavy (non-hydrogen) atoms. The molecule has 0 unspecified atom stereocenters. The van der Waals surface area contributed by atoms with E-state index in [1.165, 1.54) is 15.1 Å². The molecule has 2 nitrogen and oxygen atoms in total. The van der Waals surface area contributed by atoms with Gasteiger partial charge in [-0.15, -0.1) is 11.3 Å². The molecule has 0 fully saturated rings. The van der Waals surface area contributed by atoms with Crippen molar-refractivity contribution < 1.29 is 0 Å². The minimum absolute atomic E-state index is 0.0283. The summed E-state index contributed by atoms with van der Waals surface area (Å²) in [5.74, 6) is 0. The molecule has 2 N–H and O–H groups in total. The number of hydrogen-bond donors (Lipinski definition) is 1. The van der Waals surface area contributed by atoms with Gasteiger partial charge in [-0.05, 0) is 74.8 Å². The largest absolute Gasteiger partial charge is 0.326 e. The maximum Gasteiger partial charge on any atom is 0.0701 e. The van der Waals surface area contributed by atoms with Gasteiger partial charge in [-0.3, -0.25) is 0 Å². The van der Waals surface area contributed by atoms with Gasteiger partial charge in [0.2, 0.25) is 0 Å². The summed E-state index contributed by atoms with van der Waals surface area (Å²) in [6.07, 6.45) is 3.40. The van der Waals surface area contributed by atoms with Crippen LogP contribution in [0, 0.1) is 0 Å². The number of hydrogen-bond acceptors (Lipinski definition) is 3. The van der Waals surface area contributed by atoms with Crippen LogP contribution in [-0.2, 0) is 6.42 Å². The van der Waals surface area contributed by atoms with E-state index >= 15 is 0 Å². The standard InChI is InChI=1S/C13H23BrN2S/c1-13(2,15)8-4-9-16(3)10-7-11-5-6-12(14)17-11/h5-6H,4,7-10,15H2,1-3H3. The van der Waals surface area contributed by atoms with Crippen LogP contribution in [0.1, 0.15) is 31.6 Å². The fourth-order valence-electron chi connectivity index (χ4n) is 1.70. The number of nitrogens with two attached hydrogens (primary N) is 1. The lowest BCUT2D eigenvalue weighted by Crippen LogP contribution is -2.33. The molecule has 0 aliphatic heterocycles. The first kappa shape index (κ1) is 15.2. The van der Waals surface area contributed by atoms with Crippen LogP contribution >= 0.6 is 27.3 Å². The second-order valence-electron chi connectivity index (χ2n) is 5.35. The lowest BCUT2D eigenvalue weighted by atomic mass is 10.0. The third kappa shape index (κ3) is 7.19. The van der Waals surface area contributed by atoms with Gasteiger partial charge in [0, 0.05) is 17.0 Å². The zero-order chi connectivity index (χ0) is 12.9. The molecular formula is C13H23BrN2S. The average molecular weight is 319 g/mol. The highest BCUT2D eigenvalue weighted by Gasteiger charge is 2.10. The van der Waals surface area contributed by atoms with Gasteiger partial charge in [0.1, 0.15) is 0 Å². The molecule has 0 bridgehead atoms. The van der Waals surface area contributed by atoms with Crippen LogP contribution < -0.4 is 5.73 Å². The van der Waals surface area contributed by atoms with Gasteiger partial charge < -0.3 is 10.6 Å². The molecule has 1 rings (SSSR count). The Labute approximate surface area is 117 Å². The second kappa shape index (κ2) is 6.88. The average Bonchev–Trinajstić information content (AvgIpc) is 2.59. The molecule has 1 aromatic rings. The van der Waals surface area contributed by atoms with Gasteiger partial charge in [-0.2, -0.15) is 0 Å². The van der Waals surface area contributed by atoms with Crippen molar-refractivity contribution >= 4 is 27.3 Å². The summed E-state index contributed by atoms with van der Waals surface area (Å²) in [7, 11) is 2.19. The van der Waals surface area contributed by atoms with E-state index < -0.39 is 0 Å². The van der Waals surface area contributed by atoms with Gasteiger partial charge in [-0.1, -0.05) is 0 Å². The Hall–Kier alpha value is 0.1000. The van der Waals surface area contributed by atoms with Crippen molar-refractivity contribution in [3.8, 4) is 0 Å². The Morgan fingerprint density at radius 1 is 1.35 bits per heavy atom. The first-order chi connectivity index (χ1) is 7.87. The molecule has 98 valence electrons. The predicted octanol–water partition coefficient (Wildman–Crippen LogP) is 3.50. The summed E-state index contributed by atoms with van der Waals surface area (Å²) < 4.78 is 1.22. The van der Waals surface area contributed by atoms with E-state index in [0.29, 0.717) is 0 Å². The van der Waals surface area contributed by atoms with E-state index in [2.05, 4.69) is 53.9 Å². The molecule has 0 saturated carbocycles. The molecule has 1 aromatic heterocycles. The van der Waals surface area contributed by atoms with E-state index in [1.54, 1.807) is 0 Å². The van der Waals surface area contributed by atoms with Gasteiger partial charge in [-0.25, -0.2) is 0 Å². The summed E-state index contributed by atoms with van der Waals surface area (Å²) in [6, 6.07) is 4.32. The van der Waals surface area contributed by atoms with Crippen LogP contribution in [0.2, 0.25) is 0 Å². The summed E-state index contributed by atoms with van der Waals surface area (Å²) >= 11 is 5.32. The van der Waals surface area contributed by atoms with Crippen LogP contribution in [-0.4, -0.2) is 30.6 Å². The summed E-state index contributed by atoms with van der Waals surface area (Å²) in [6.45, 7) is 6.44. The third-order valence-electron chi connectivity index (χ3n) is 2.73. The zero-order valence-electron chi connectivity index (χ0n) is 11.0. The lowest BCUT2D eigenvalue weighted by Gasteiger charge is -2.21. The highest BCUT2D eigenvalue weighted by molar-refractivity contribution is 9.11. The Bertz CT molecular complexity index is 330. The van der Waals surface area contributed by atoms with Crippen LogP contribution in [0.5, 0.6) is 0 Å². The first-order valence-corrected chi connectivity index (χ1v) is 7.69. The summed E-state index contributed by atoms with van der Waals surface area (Å²) in [4.78, 5) is 3.84. The molecule has 4 heteroatoms. The highest BCUT2D eigenvalue weighted by atomic mass is 79.9. The maximum atomic E-state index is 5.97. The normalized spacial score (nSPS) is 12.4. The molecule has 0 aliphatic rings. The van der Waals surface area contributed by atoms with E-state index in [1.807, 2.05) is 11.3 Å². The van der Waals surface area contributed by atoms with Crippen LogP contribution in [0.3, 0.4) is 0 Å². The molecule has 0 amide bonds. The quantitative estimate of drug-likeness (QED) is 0.833. The van der Waals surface area contributed by atoms with E-state index in [4.69, 9.17) is 5.73 Å². The lowest BCUT2D eigenvalue weighted by molar-refractivity contribution is 0.313. The van der Waals surface area contributed by atoms with E-state index in [-0.39, 0.29) is 5.54 Å². The summed E-state index contributed by atoms with van der Waals surface area (Å²) in [5, 5.41) is 0. The van der Waals surface area contributed by atoms with Crippen molar-refractivity contribution in [2.24, 2.45) is 5.73 Å². The van der Waals surface area contributed by atoms with Crippen LogP contribution in [0.15, 0.2) is 15.9 Å². The van der Waals surface area contributed by atoms with Crippen LogP contribution in [0.4, 0.5) is 0 Å². The predicted molar refractivity (Wildman–Crippen MR) is 80.7 cm³/mol. The van der Waals surface area contributed by atoms with Gasteiger partial charge in [0.15, 0.2) is 0 Å². The number of likely N-dealkylation sites (N-methyl/N-ethyl adjacent to an activating group) is 1. The summed E-state index contributed by atoms with van der Waals surface area (Å²) in [5.41, 5.74) is 5.94. The topological polar surface area (TPSA) is 29.3 Å². The maximum absolute atomic E-state index is 5.97. The molecular weight excluding hydrogens is 296 g/mol. The molecule has 0 saturated heterocycles. The Morgan fingerprint density at radius 3 is 2.59 bits per heavy atom. The van der Waals surface area contributed by atoms with Crippen molar-refractivity contribution in [3.63, 3.8) is 0 Å². The van der Waals surface area contributed by atoms with E-state index in [0.717, 1.165) is 25.9 Å². The minimum Gasteiger partial charge on any atom is -0.326 e. The van der Waals surface area contributed by atoms with Crippen molar-refractivity contribution in [2.75, 3.05) is 20.1 Å². The van der Waals surface area contributed by atoms with Crippen molar-refractivity contribution in [3.05, 3.63) is 20.8 Å². The molecule has 0 aliphatic carbocycles. The van der Waals surface area contributed by atoms with Crippen molar-refractivity contribution in [1.82, 2.24) is 4.90 Å². The van der Waals surface area contributed by atoms with Crippen molar-refractivity contribution in [2.45, 2.75) is 38.6 Å². The van der Waals surface area contributed by atoms with Gasteiger partial charge >= 0.3 is 0 Å². The number of nitrogens with zero attached hydrogens (tertiary/aromatic N) is 1. The smallest absolute Gasteiger partial charge is 0.0701 e. The van der Waals surface area contributed by atoms with Gasteiger partial charge in [0.05, 0.1) is 3.79 Å². The molecule has 1 heterocycles. The third-order valence-corrected chi connectivity index (χ3v) is 4.41. The monoisotopic (exact) mass is 318 g/mol.